The standard InChI is InChI=1S/C20H18F3N5O2S/c1-24-31(29,30)13-3-4-15(26-18-5-2-12(9-25-18)20(21,22)23)14(8-13)16-10-28-17-6-11(17)7-19(28)27-16/h2-5,8-11,17,24H,6-7H2,1H3,(H,25,26). The number of halogens is 3. The molecule has 2 unspecified atom stereocenters. The maximum absolute atomic E-state index is 12.8. The Balaban J connectivity index is 1.54. The highest BCUT2D eigenvalue weighted by Crippen LogP contribution is 2.52. The molecular formula is C20H18F3N5O2S. The third kappa shape index (κ3) is 3.57. The second-order valence-corrected chi connectivity index (χ2v) is 9.57. The van der Waals surface area contributed by atoms with Crippen molar-refractivity contribution in [3.05, 3.63) is 54.1 Å². The van der Waals surface area contributed by atoms with Gasteiger partial charge in [0.2, 0.25) is 10.0 Å². The van der Waals surface area contributed by atoms with Gasteiger partial charge >= 0.3 is 6.18 Å². The Hall–Kier alpha value is -2.92. The molecule has 5 rings (SSSR count). The van der Waals surface area contributed by atoms with E-state index in [0.717, 1.165) is 30.9 Å². The third-order valence-electron chi connectivity index (χ3n) is 5.70. The fourth-order valence-corrected chi connectivity index (χ4v) is 4.68. The summed E-state index contributed by atoms with van der Waals surface area (Å²) in [5.74, 6) is 1.80. The minimum atomic E-state index is -4.47. The Morgan fingerprint density at radius 1 is 1.19 bits per heavy atom. The first-order valence-electron chi connectivity index (χ1n) is 9.62. The first-order chi connectivity index (χ1) is 14.7. The van der Waals surface area contributed by atoms with Gasteiger partial charge in [-0.25, -0.2) is 23.1 Å². The third-order valence-corrected chi connectivity index (χ3v) is 7.11. The van der Waals surface area contributed by atoms with Crippen molar-refractivity contribution in [2.24, 2.45) is 5.92 Å². The minimum Gasteiger partial charge on any atom is -0.340 e. The van der Waals surface area contributed by atoms with Gasteiger partial charge in [-0.2, -0.15) is 13.2 Å². The van der Waals surface area contributed by atoms with E-state index >= 15 is 0 Å². The van der Waals surface area contributed by atoms with E-state index in [0.29, 0.717) is 28.9 Å². The van der Waals surface area contributed by atoms with Crippen LogP contribution in [0.3, 0.4) is 0 Å². The number of benzene rings is 1. The van der Waals surface area contributed by atoms with Crippen LogP contribution in [-0.2, 0) is 22.6 Å². The number of fused-ring (bicyclic) bond motifs is 3. The second kappa shape index (κ2) is 6.79. The molecule has 162 valence electrons. The number of hydrogen-bond acceptors (Lipinski definition) is 5. The summed E-state index contributed by atoms with van der Waals surface area (Å²) in [6.45, 7) is 0. The number of rotatable bonds is 5. The lowest BCUT2D eigenvalue weighted by Gasteiger charge is -2.13. The van der Waals surface area contributed by atoms with E-state index in [1.807, 2.05) is 6.20 Å². The normalized spacial score (nSPS) is 19.7. The van der Waals surface area contributed by atoms with Crippen molar-refractivity contribution in [1.29, 1.82) is 0 Å². The molecule has 31 heavy (non-hydrogen) atoms. The summed E-state index contributed by atoms with van der Waals surface area (Å²) in [6.07, 6.45) is 0.196. The Bertz CT molecular complexity index is 1270. The van der Waals surface area contributed by atoms with E-state index in [1.165, 1.54) is 25.2 Å². The SMILES string of the molecule is CNS(=O)(=O)c1ccc(Nc2ccc(C(F)(F)F)cn2)c(-c2cn3c(n2)CC2CC23)c1. The van der Waals surface area contributed by atoms with Crippen LogP contribution in [0.25, 0.3) is 11.3 Å². The molecule has 2 N–H and O–H groups in total. The smallest absolute Gasteiger partial charge is 0.340 e. The van der Waals surface area contributed by atoms with E-state index in [-0.39, 0.29) is 10.7 Å². The number of imidazole rings is 1. The van der Waals surface area contributed by atoms with Crippen molar-refractivity contribution in [3.8, 4) is 11.3 Å². The first kappa shape index (κ1) is 20.0. The molecule has 0 bridgehead atoms. The highest BCUT2D eigenvalue weighted by Gasteiger charge is 2.46. The summed E-state index contributed by atoms with van der Waals surface area (Å²) in [5.41, 5.74) is 0.768. The number of alkyl halides is 3. The predicted octanol–water partition coefficient (Wildman–Crippen LogP) is 3.73. The monoisotopic (exact) mass is 449 g/mol. The number of aromatic nitrogens is 3. The Morgan fingerprint density at radius 2 is 2.00 bits per heavy atom. The zero-order valence-corrected chi connectivity index (χ0v) is 17.1. The van der Waals surface area contributed by atoms with Crippen molar-refractivity contribution in [3.63, 3.8) is 0 Å². The fourth-order valence-electron chi connectivity index (χ4n) is 3.93. The highest BCUT2D eigenvalue weighted by atomic mass is 32.2. The Kier molecular flexibility index (Phi) is 4.38. The number of anilines is 2. The molecule has 2 aromatic heterocycles. The number of nitrogens with zero attached hydrogens (tertiary/aromatic N) is 3. The van der Waals surface area contributed by atoms with Crippen LogP contribution in [0, 0.1) is 5.92 Å². The van der Waals surface area contributed by atoms with Gasteiger partial charge in [-0.15, -0.1) is 0 Å². The van der Waals surface area contributed by atoms with Crippen molar-refractivity contribution < 1.29 is 21.6 Å². The van der Waals surface area contributed by atoms with Crippen LogP contribution < -0.4 is 10.0 Å². The van der Waals surface area contributed by atoms with Gasteiger partial charge in [-0.05, 0) is 49.7 Å². The lowest BCUT2D eigenvalue weighted by molar-refractivity contribution is -0.137. The Labute approximate surface area is 176 Å². The minimum absolute atomic E-state index is 0.0633. The molecule has 3 heterocycles. The van der Waals surface area contributed by atoms with Gasteiger partial charge in [-0.1, -0.05) is 0 Å². The van der Waals surface area contributed by atoms with Crippen LogP contribution in [0.5, 0.6) is 0 Å². The maximum atomic E-state index is 12.8. The van der Waals surface area contributed by atoms with Crippen LogP contribution in [0.4, 0.5) is 24.7 Å². The first-order valence-corrected chi connectivity index (χ1v) is 11.1. The molecule has 7 nitrogen and oxygen atoms in total. The van der Waals surface area contributed by atoms with Gasteiger partial charge in [0, 0.05) is 36.1 Å². The molecule has 1 aliphatic carbocycles. The lowest BCUT2D eigenvalue weighted by Crippen LogP contribution is -2.18. The second-order valence-electron chi connectivity index (χ2n) is 7.69. The van der Waals surface area contributed by atoms with Gasteiger partial charge < -0.3 is 9.88 Å². The van der Waals surface area contributed by atoms with E-state index in [4.69, 9.17) is 0 Å². The zero-order chi connectivity index (χ0) is 22.0. The van der Waals surface area contributed by atoms with Crippen LogP contribution in [0.15, 0.2) is 47.6 Å². The fraction of sp³-hybridized carbons (Fsp3) is 0.300. The van der Waals surface area contributed by atoms with E-state index < -0.39 is 21.8 Å². The largest absolute Gasteiger partial charge is 0.417 e. The summed E-state index contributed by atoms with van der Waals surface area (Å²) >= 11 is 0. The molecule has 1 aliphatic heterocycles. The molecule has 1 fully saturated rings. The maximum Gasteiger partial charge on any atom is 0.417 e. The van der Waals surface area contributed by atoms with Gasteiger partial charge in [-0.3, -0.25) is 0 Å². The van der Waals surface area contributed by atoms with Crippen molar-refractivity contribution in [2.75, 3.05) is 12.4 Å². The summed E-state index contributed by atoms with van der Waals surface area (Å²) in [6, 6.07) is 7.10. The molecular weight excluding hydrogens is 431 g/mol. The summed E-state index contributed by atoms with van der Waals surface area (Å²) in [7, 11) is -2.37. The Morgan fingerprint density at radius 3 is 2.65 bits per heavy atom. The van der Waals surface area contributed by atoms with Gasteiger partial charge in [0.25, 0.3) is 0 Å². The summed E-state index contributed by atoms with van der Waals surface area (Å²) in [4.78, 5) is 8.59. The topological polar surface area (TPSA) is 88.9 Å². The molecule has 1 aromatic carbocycles. The van der Waals surface area contributed by atoms with Gasteiger partial charge in [0.05, 0.1) is 16.2 Å². The zero-order valence-electron chi connectivity index (χ0n) is 16.3. The average Bonchev–Trinajstić information content (AvgIpc) is 3.22. The van der Waals surface area contributed by atoms with E-state index in [9.17, 15) is 21.6 Å². The van der Waals surface area contributed by atoms with Crippen molar-refractivity contribution in [2.45, 2.75) is 30.0 Å². The van der Waals surface area contributed by atoms with Crippen molar-refractivity contribution in [1.82, 2.24) is 19.3 Å². The summed E-state index contributed by atoms with van der Waals surface area (Å²) < 4.78 is 67.4. The molecule has 0 radical (unpaired) electrons. The van der Waals surface area contributed by atoms with E-state index in [1.54, 1.807) is 6.07 Å². The molecule has 2 aliphatic rings. The molecule has 1 saturated carbocycles. The molecule has 0 amide bonds. The van der Waals surface area contributed by atoms with E-state index in [2.05, 4.69) is 24.6 Å². The van der Waals surface area contributed by atoms with Crippen molar-refractivity contribution >= 4 is 21.5 Å². The molecule has 2 atom stereocenters. The molecule has 11 heteroatoms. The highest BCUT2D eigenvalue weighted by molar-refractivity contribution is 7.89. The van der Waals surface area contributed by atoms with Crippen LogP contribution in [-0.4, -0.2) is 30.0 Å². The number of sulfonamides is 1. The molecule has 0 saturated heterocycles. The number of hydrogen-bond donors (Lipinski definition) is 2. The van der Waals surface area contributed by atoms with Crippen LogP contribution >= 0.6 is 0 Å². The average molecular weight is 449 g/mol. The van der Waals surface area contributed by atoms with Gasteiger partial charge in [0.15, 0.2) is 0 Å². The predicted molar refractivity (Wildman–Crippen MR) is 107 cm³/mol. The molecule has 0 spiro atoms. The number of pyridine rings is 1. The lowest BCUT2D eigenvalue weighted by atomic mass is 10.1. The van der Waals surface area contributed by atoms with Gasteiger partial charge in [0.1, 0.15) is 11.6 Å². The van der Waals surface area contributed by atoms with Crippen LogP contribution in [0.1, 0.15) is 23.9 Å². The summed E-state index contributed by atoms with van der Waals surface area (Å²) in [5, 5.41) is 2.99. The quantitative estimate of drug-likeness (QED) is 0.620. The molecule has 3 aromatic rings. The number of nitrogens with one attached hydrogen (secondary N) is 2. The van der Waals surface area contributed by atoms with Crippen LogP contribution in [0.2, 0.25) is 0 Å².